The molecule has 1 aromatic carbocycles. The molecule has 25 heavy (non-hydrogen) atoms. The molecule has 8 heteroatoms. The number of anilines is 1. The molecule has 1 heterocycles. The Bertz CT molecular complexity index is 786. The quantitative estimate of drug-likeness (QED) is 0.701. The van der Waals surface area contributed by atoms with Gasteiger partial charge in [-0.2, -0.15) is 8.42 Å². The van der Waals surface area contributed by atoms with E-state index in [1.54, 1.807) is 23.5 Å². The van der Waals surface area contributed by atoms with Gasteiger partial charge in [-0.15, -0.1) is 11.3 Å². The zero-order chi connectivity index (χ0) is 18.4. The van der Waals surface area contributed by atoms with E-state index < -0.39 is 10.1 Å². The van der Waals surface area contributed by atoms with Gasteiger partial charge in [-0.05, 0) is 51.3 Å². The number of nitrogens with zero attached hydrogens (tertiary/aromatic N) is 1. The van der Waals surface area contributed by atoms with Crippen molar-refractivity contribution in [3.63, 3.8) is 0 Å². The van der Waals surface area contributed by atoms with Crippen LogP contribution in [0.5, 0.6) is 0 Å². The molecule has 0 unspecified atom stereocenters. The summed E-state index contributed by atoms with van der Waals surface area (Å²) >= 11 is 1.65. The van der Waals surface area contributed by atoms with Gasteiger partial charge in [0.05, 0.1) is 10.6 Å². The van der Waals surface area contributed by atoms with Gasteiger partial charge in [-0.3, -0.25) is 4.55 Å². The second kappa shape index (κ2) is 8.75. The van der Waals surface area contributed by atoms with Crippen molar-refractivity contribution < 1.29 is 13.0 Å². The first-order valence-corrected chi connectivity index (χ1v) is 10.6. The Morgan fingerprint density at radius 2 is 2.04 bits per heavy atom. The number of thiazole rings is 1. The minimum absolute atomic E-state index is 0.0666. The van der Waals surface area contributed by atoms with Crippen LogP contribution < -0.4 is 11.1 Å². The molecule has 0 aliphatic heterocycles. The normalized spacial score (nSPS) is 16.7. The van der Waals surface area contributed by atoms with Gasteiger partial charge in [0, 0.05) is 10.9 Å². The molecule has 0 radical (unpaired) electrons. The minimum Gasteiger partial charge on any atom is -0.375 e. The van der Waals surface area contributed by atoms with Crippen molar-refractivity contribution in [1.29, 1.82) is 0 Å². The van der Waals surface area contributed by atoms with Crippen molar-refractivity contribution in [3.8, 4) is 0 Å². The van der Waals surface area contributed by atoms with E-state index in [-0.39, 0.29) is 4.90 Å². The predicted molar refractivity (Wildman–Crippen MR) is 102 cm³/mol. The highest BCUT2D eigenvalue weighted by atomic mass is 32.2. The molecule has 0 fully saturated rings. The summed E-state index contributed by atoms with van der Waals surface area (Å²) in [6, 6.07) is 6.63. The molecule has 4 N–H and O–H groups in total. The molecule has 6 nitrogen and oxygen atoms in total. The topological polar surface area (TPSA) is 105 Å². The van der Waals surface area contributed by atoms with Crippen molar-refractivity contribution in [2.24, 2.45) is 0 Å². The average molecular weight is 384 g/mol. The molecule has 138 valence electrons. The van der Waals surface area contributed by atoms with E-state index in [0.717, 1.165) is 30.1 Å². The molecule has 0 saturated heterocycles. The summed E-state index contributed by atoms with van der Waals surface area (Å²) < 4.78 is 29.6. The van der Waals surface area contributed by atoms with Crippen molar-refractivity contribution in [2.45, 2.75) is 50.5 Å². The van der Waals surface area contributed by atoms with Crippen LogP contribution in [0.1, 0.15) is 35.9 Å². The maximum absolute atomic E-state index is 10.5. The maximum atomic E-state index is 10.5. The molecule has 3 rings (SSSR count). The number of nitrogen functional groups attached to an aromatic ring is 1. The van der Waals surface area contributed by atoms with Crippen LogP contribution in [0.15, 0.2) is 29.2 Å². The monoisotopic (exact) mass is 383 g/mol. The van der Waals surface area contributed by atoms with Crippen LogP contribution in [-0.2, 0) is 23.0 Å². The fraction of sp³-hybridized carbons (Fsp3) is 0.471. The summed E-state index contributed by atoms with van der Waals surface area (Å²) in [5.74, 6) is 0. The van der Waals surface area contributed by atoms with Gasteiger partial charge in [0.2, 0.25) is 0 Å². The lowest BCUT2D eigenvalue weighted by Crippen LogP contribution is -2.34. The Morgan fingerprint density at radius 1 is 1.36 bits per heavy atom. The van der Waals surface area contributed by atoms with Crippen LogP contribution in [0.3, 0.4) is 0 Å². The number of benzene rings is 1. The second-order valence-electron chi connectivity index (χ2n) is 6.10. The Morgan fingerprint density at radius 3 is 2.64 bits per heavy atom. The van der Waals surface area contributed by atoms with Gasteiger partial charge in [0.1, 0.15) is 0 Å². The molecule has 0 bridgehead atoms. The summed E-state index contributed by atoms with van der Waals surface area (Å²) in [7, 11) is -4.02. The van der Waals surface area contributed by atoms with Crippen LogP contribution in [0, 0.1) is 6.92 Å². The standard InChI is InChI=1S/C10H17N3S.C7H8O3S/c1-2-5-12-7-3-4-8-9(6-7)14-10(11)13-8;1-6-2-4-7(5-3-6)11(8,9)10/h7,12H,2-6H2,1H3,(H2,11,13);2-5H,1H3,(H,8,9,10)/t7-;/m0./s1. The molecule has 0 saturated carbocycles. The molecule has 1 aliphatic carbocycles. The van der Waals surface area contributed by atoms with Crippen molar-refractivity contribution in [2.75, 3.05) is 12.3 Å². The van der Waals surface area contributed by atoms with Crippen LogP contribution in [-0.4, -0.2) is 30.5 Å². The molecular formula is C17H25N3O3S2. The summed E-state index contributed by atoms with van der Waals surface area (Å²) in [6.07, 6.45) is 4.61. The van der Waals surface area contributed by atoms with Gasteiger partial charge in [-0.1, -0.05) is 24.6 Å². The number of hydrogen-bond donors (Lipinski definition) is 3. The third kappa shape index (κ3) is 6.07. The van der Waals surface area contributed by atoms with Gasteiger partial charge in [0.15, 0.2) is 5.13 Å². The van der Waals surface area contributed by atoms with Gasteiger partial charge in [0.25, 0.3) is 10.1 Å². The van der Waals surface area contributed by atoms with Gasteiger partial charge < -0.3 is 11.1 Å². The Hall–Kier alpha value is -1.48. The van der Waals surface area contributed by atoms with Crippen LogP contribution in [0.4, 0.5) is 5.13 Å². The number of aryl methyl sites for hydroxylation is 2. The van der Waals surface area contributed by atoms with E-state index in [1.165, 1.54) is 35.5 Å². The first-order chi connectivity index (χ1) is 11.8. The van der Waals surface area contributed by atoms with Crippen LogP contribution >= 0.6 is 11.3 Å². The molecule has 2 aromatic rings. The molecule has 0 spiro atoms. The van der Waals surface area contributed by atoms with E-state index in [9.17, 15) is 8.42 Å². The van der Waals surface area contributed by atoms with Gasteiger partial charge in [-0.25, -0.2) is 4.98 Å². The molecule has 1 atom stereocenters. The predicted octanol–water partition coefficient (Wildman–Crippen LogP) is 2.82. The molecule has 1 aromatic heterocycles. The Kier molecular flexibility index (Phi) is 6.95. The van der Waals surface area contributed by atoms with E-state index in [4.69, 9.17) is 10.3 Å². The maximum Gasteiger partial charge on any atom is 0.294 e. The summed E-state index contributed by atoms with van der Waals surface area (Å²) in [5.41, 5.74) is 7.88. The fourth-order valence-electron chi connectivity index (χ4n) is 2.63. The zero-order valence-electron chi connectivity index (χ0n) is 14.5. The Balaban J connectivity index is 0.000000186. The van der Waals surface area contributed by atoms with E-state index in [1.807, 2.05) is 6.92 Å². The zero-order valence-corrected chi connectivity index (χ0v) is 16.2. The van der Waals surface area contributed by atoms with E-state index in [2.05, 4.69) is 17.2 Å². The smallest absolute Gasteiger partial charge is 0.294 e. The van der Waals surface area contributed by atoms with Crippen LogP contribution in [0.2, 0.25) is 0 Å². The summed E-state index contributed by atoms with van der Waals surface area (Å²) in [6.45, 7) is 5.16. The first kappa shape index (κ1) is 19.8. The van der Waals surface area contributed by atoms with Crippen molar-refractivity contribution in [3.05, 3.63) is 40.4 Å². The second-order valence-corrected chi connectivity index (χ2v) is 8.64. The number of fused-ring (bicyclic) bond motifs is 1. The lowest BCUT2D eigenvalue weighted by molar-refractivity contribution is 0.460. The number of nitrogens with two attached hydrogens (primary N) is 1. The van der Waals surface area contributed by atoms with Gasteiger partial charge >= 0.3 is 0 Å². The fourth-order valence-corrected chi connectivity index (χ4v) is 4.07. The number of rotatable bonds is 4. The lowest BCUT2D eigenvalue weighted by atomic mass is 9.98. The summed E-state index contributed by atoms with van der Waals surface area (Å²) in [4.78, 5) is 5.66. The minimum atomic E-state index is -4.02. The molecule has 0 amide bonds. The largest absolute Gasteiger partial charge is 0.375 e. The molecule has 1 aliphatic rings. The number of aromatic nitrogens is 1. The third-order valence-corrected chi connectivity index (χ3v) is 5.78. The summed E-state index contributed by atoms with van der Waals surface area (Å²) in [5, 5.41) is 4.29. The van der Waals surface area contributed by atoms with Crippen LogP contribution in [0.25, 0.3) is 0 Å². The lowest BCUT2D eigenvalue weighted by Gasteiger charge is -2.21. The molecular weight excluding hydrogens is 358 g/mol. The Labute approximate surface area is 153 Å². The highest BCUT2D eigenvalue weighted by molar-refractivity contribution is 7.85. The average Bonchev–Trinajstić information content (AvgIpc) is 2.92. The number of hydrogen-bond acceptors (Lipinski definition) is 6. The van der Waals surface area contributed by atoms with E-state index >= 15 is 0 Å². The van der Waals surface area contributed by atoms with Crippen molar-refractivity contribution >= 4 is 26.6 Å². The third-order valence-electron chi connectivity index (χ3n) is 3.96. The number of nitrogens with one attached hydrogen (secondary N) is 1. The highest BCUT2D eigenvalue weighted by Crippen LogP contribution is 2.27. The first-order valence-electron chi connectivity index (χ1n) is 8.31. The van der Waals surface area contributed by atoms with Crippen molar-refractivity contribution in [1.82, 2.24) is 10.3 Å². The highest BCUT2D eigenvalue weighted by Gasteiger charge is 2.21. The van der Waals surface area contributed by atoms with E-state index in [0.29, 0.717) is 6.04 Å². The SMILES string of the molecule is CCCN[C@H]1CCc2nc(N)sc2C1.Cc1ccc(S(=O)(=O)O)cc1.